The Labute approximate surface area is 157 Å². The van der Waals surface area contributed by atoms with Gasteiger partial charge >= 0.3 is 5.97 Å². The second-order valence-corrected chi connectivity index (χ2v) is 7.26. The summed E-state index contributed by atoms with van der Waals surface area (Å²) in [7, 11) is 1.41. The Morgan fingerprint density at radius 1 is 1.00 bits per heavy atom. The van der Waals surface area contributed by atoms with E-state index in [0.717, 1.165) is 17.1 Å². The van der Waals surface area contributed by atoms with Gasteiger partial charge in [-0.2, -0.15) is 0 Å². The third-order valence-electron chi connectivity index (χ3n) is 3.95. The standard InChI is InChI=1S/C20H21N3O2S/c1-14(2)17(19(24)25-3)26-20-22-21-18(15-10-6-4-7-11-15)23(20)16-12-8-5-9-13-16/h4-14,17H,1-3H3. The lowest BCUT2D eigenvalue weighted by Crippen LogP contribution is -2.25. The van der Waals surface area contributed by atoms with Crippen molar-refractivity contribution in [1.82, 2.24) is 14.8 Å². The molecule has 0 saturated heterocycles. The molecule has 2 aromatic carbocycles. The molecule has 0 N–H and O–H groups in total. The van der Waals surface area contributed by atoms with Gasteiger partial charge in [-0.1, -0.05) is 74.1 Å². The van der Waals surface area contributed by atoms with Crippen LogP contribution in [0.4, 0.5) is 0 Å². The molecule has 0 spiro atoms. The van der Waals surface area contributed by atoms with Crippen LogP contribution < -0.4 is 0 Å². The number of rotatable bonds is 6. The van der Waals surface area contributed by atoms with Gasteiger partial charge < -0.3 is 4.74 Å². The molecule has 3 rings (SSSR count). The first kappa shape index (κ1) is 18.2. The molecule has 26 heavy (non-hydrogen) atoms. The molecular formula is C20H21N3O2S. The van der Waals surface area contributed by atoms with E-state index < -0.39 is 0 Å². The van der Waals surface area contributed by atoms with E-state index >= 15 is 0 Å². The summed E-state index contributed by atoms with van der Waals surface area (Å²) in [6.45, 7) is 3.99. The Morgan fingerprint density at radius 3 is 2.19 bits per heavy atom. The van der Waals surface area contributed by atoms with Gasteiger partial charge in [-0.25, -0.2) is 0 Å². The van der Waals surface area contributed by atoms with Crippen LogP contribution in [0.1, 0.15) is 13.8 Å². The predicted octanol–water partition coefficient (Wildman–Crippen LogP) is 4.22. The highest BCUT2D eigenvalue weighted by Gasteiger charge is 2.28. The highest BCUT2D eigenvalue weighted by Crippen LogP contribution is 2.32. The molecule has 1 unspecified atom stereocenters. The van der Waals surface area contributed by atoms with Crippen LogP contribution in [0, 0.1) is 5.92 Å². The molecule has 6 heteroatoms. The minimum absolute atomic E-state index is 0.105. The third kappa shape index (κ3) is 3.80. The smallest absolute Gasteiger partial charge is 0.319 e. The van der Waals surface area contributed by atoms with E-state index in [0.29, 0.717) is 5.16 Å². The Hall–Kier alpha value is -2.60. The number of hydrogen-bond acceptors (Lipinski definition) is 5. The normalized spacial score (nSPS) is 12.2. The number of thioether (sulfide) groups is 1. The maximum atomic E-state index is 12.2. The zero-order valence-electron chi connectivity index (χ0n) is 15.0. The summed E-state index contributed by atoms with van der Waals surface area (Å²) in [5, 5.41) is 9.09. The van der Waals surface area contributed by atoms with Crippen molar-refractivity contribution in [3.63, 3.8) is 0 Å². The van der Waals surface area contributed by atoms with Gasteiger partial charge in [0.15, 0.2) is 11.0 Å². The first-order valence-corrected chi connectivity index (χ1v) is 9.30. The Morgan fingerprint density at radius 2 is 1.62 bits per heavy atom. The van der Waals surface area contributed by atoms with Gasteiger partial charge in [-0.3, -0.25) is 9.36 Å². The van der Waals surface area contributed by atoms with Gasteiger partial charge in [-0.05, 0) is 18.1 Å². The first-order chi connectivity index (χ1) is 12.6. The second-order valence-electron chi connectivity index (χ2n) is 6.15. The summed E-state index contributed by atoms with van der Waals surface area (Å²) >= 11 is 1.38. The number of nitrogens with zero attached hydrogens (tertiary/aromatic N) is 3. The number of carbonyl (C=O) groups excluding carboxylic acids is 1. The summed E-state index contributed by atoms with van der Waals surface area (Å²) in [4.78, 5) is 12.2. The molecule has 0 aliphatic rings. The molecule has 134 valence electrons. The average molecular weight is 367 g/mol. The fraction of sp³-hybridized carbons (Fsp3) is 0.250. The van der Waals surface area contributed by atoms with E-state index in [9.17, 15) is 4.79 Å². The largest absolute Gasteiger partial charge is 0.468 e. The van der Waals surface area contributed by atoms with Crippen LogP contribution in [0.5, 0.6) is 0 Å². The SMILES string of the molecule is COC(=O)C(Sc1nnc(-c2ccccc2)n1-c1ccccc1)C(C)C. The summed E-state index contributed by atoms with van der Waals surface area (Å²) in [5.74, 6) is 0.592. The highest BCUT2D eigenvalue weighted by molar-refractivity contribution is 8.00. The molecule has 5 nitrogen and oxygen atoms in total. The number of carbonyl (C=O) groups is 1. The predicted molar refractivity (Wildman–Crippen MR) is 103 cm³/mol. The molecule has 1 heterocycles. The molecule has 3 aromatic rings. The second kappa shape index (κ2) is 8.19. The van der Waals surface area contributed by atoms with E-state index in [-0.39, 0.29) is 17.1 Å². The number of benzene rings is 2. The third-order valence-corrected chi connectivity index (χ3v) is 5.42. The van der Waals surface area contributed by atoms with Gasteiger partial charge in [0.1, 0.15) is 5.25 Å². The molecule has 0 amide bonds. The molecule has 0 aliphatic heterocycles. The molecule has 0 aliphatic carbocycles. The monoisotopic (exact) mass is 367 g/mol. The summed E-state index contributed by atoms with van der Waals surface area (Å²) in [6.07, 6.45) is 0. The average Bonchev–Trinajstić information content (AvgIpc) is 3.10. The van der Waals surface area contributed by atoms with Crippen molar-refractivity contribution in [3.8, 4) is 17.1 Å². The van der Waals surface area contributed by atoms with Crippen LogP contribution in [0.3, 0.4) is 0 Å². The van der Waals surface area contributed by atoms with Crippen LogP contribution in [-0.4, -0.2) is 33.1 Å². The lowest BCUT2D eigenvalue weighted by Gasteiger charge is -2.18. The summed E-state index contributed by atoms with van der Waals surface area (Å²) < 4.78 is 6.95. The zero-order chi connectivity index (χ0) is 18.5. The van der Waals surface area contributed by atoms with Crippen molar-refractivity contribution in [3.05, 3.63) is 60.7 Å². The van der Waals surface area contributed by atoms with E-state index in [1.54, 1.807) is 0 Å². The number of aromatic nitrogens is 3. The fourth-order valence-corrected chi connectivity index (χ4v) is 3.69. The van der Waals surface area contributed by atoms with Gasteiger partial charge in [-0.15, -0.1) is 10.2 Å². The van der Waals surface area contributed by atoms with E-state index in [4.69, 9.17) is 4.74 Å². The van der Waals surface area contributed by atoms with Crippen molar-refractivity contribution >= 4 is 17.7 Å². The van der Waals surface area contributed by atoms with E-state index in [2.05, 4.69) is 10.2 Å². The Bertz CT molecular complexity index is 863. The lowest BCUT2D eigenvalue weighted by molar-refractivity contribution is -0.140. The molecule has 0 radical (unpaired) electrons. The number of methoxy groups -OCH3 is 1. The van der Waals surface area contributed by atoms with Crippen LogP contribution >= 0.6 is 11.8 Å². The van der Waals surface area contributed by atoms with Crippen LogP contribution in [0.2, 0.25) is 0 Å². The van der Waals surface area contributed by atoms with Gasteiger partial charge in [0.2, 0.25) is 0 Å². The van der Waals surface area contributed by atoms with Crippen molar-refractivity contribution in [2.75, 3.05) is 7.11 Å². The van der Waals surface area contributed by atoms with Crippen molar-refractivity contribution in [2.45, 2.75) is 24.3 Å². The minimum atomic E-state index is -0.352. The fourth-order valence-electron chi connectivity index (χ4n) is 2.62. The quantitative estimate of drug-likeness (QED) is 0.482. The Kier molecular flexibility index (Phi) is 5.73. The molecule has 0 fully saturated rings. The molecular weight excluding hydrogens is 346 g/mol. The maximum absolute atomic E-state index is 12.2. The van der Waals surface area contributed by atoms with E-state index in [1.807, 2.05) is 79.1 Å². The van der Waals surface area contributed by atoms with Crippen molar-refractivity contribution in [1.29, 1.82) is 0 Å². The maximum Gasteiger partial charge on any atom is 0.319 e. The number of esters is 1. The Balaban J connectivity index is 2.09. The number of para-hydroxylation sites is 1. The summed E-state index contributed by atoms with van der Waals surface area (Å²) in [6, 6.07) is 19.8. The van der Waals surface area contributed by atoms with Crippen LogP contribution in [0.15, 0.2) is 65.8 Å². The van der Waals surface area contributed by atoms with Gasteiger partial charge in [0.25, 0.3) is 0 Å². The highest BCUT2D eigenvalue weighted by atomic mass is 32.2. The van der Waals surface area contributed by atoms with Gasteiger partial charge in [0.05, 0.1) is 7.11 Å². The molecule has 0 bridgehead atoms. The molecule has 1 atom stereocenters. The number of hydrogen-bond donors (Lipinski definition) is 0. The van der Waals surface area contributed by atoms with E-state index in [1.165, 1.54) is 18.9 Å². The van der Waals surface area contributed by atoms with Gasteiger partial charge in [0, 0.05) is 11.3 Å². The zero-order valence-corrected chi connectivity index (χ0v) is 15.8. The first-order valence-electron chi connectivity index (χ1n) is 8.42. The minimum Gasteiger partial charge on any atom is -0.468 e. The van der Waals surface area contributed by atoms with Crippen LogP contribution in [-0.2, 0) is 9.53 Å². The molecule has 1 aromatic heterocycles. The molecule has 0 saturated carbocycles. The number of ether oxygens (including phenoxy) is 1. The topological polar surface area (TPSA) is 57.0 Å². The summed E-state index contributed by atoms with van der Waals surface area (Å²) in [5.41, 5.74) is 1.92. The van der Waals surface area contributed by atoms with Crippen LogP contribution in [0.25, 0.3) is 17.1 Å². The lowest BCUT2D eigenvalue weighted by atomic mass is 10.1. The van der Waals surface area contributed by atoms with Crippen molar-refractivity contribution < 1.29 is 9.53 Å². The van der Waals surface area contributed by atoms with Crippen molar-refractivity contribution in [2.24, 2.45) is 5.92 Å².